The molecule has 3 heterocycles. The van der Waals surface area contributed by atoms with Crippen molar-refractivity contribution in [2.45, 2.75) is 32.4 Å². The van der Waals surface area contributed by atoms with E-state index < -0.39 is 12.0 Å². The molecule has 1 fully saturated rings. The van der Waals surface area contributed by atoms with Crippen LogP contribution in [0, 0.1) is 6.92 Å². The van der Waals surface area contributed by atoms with Crippen LogP contribution in [0.2, 0.25) is 0 Å². The number of carboxylic acid groups (broad SMARTS) is 1. The molecule has 1 amide bonds. The van der Waals surface area contributed by atoms with E-state index >= 15 is 0 Å². The number of aromatic nitrogens is 3. The molecule has 2 N–H and O–H groups in total. The van der Waals surface area contributed by atoms with Crippen LogP contribution in [0.4, 0.5) is 5.95 Å². The van der Waals surface area contributed by atoms with Crippen LogP contribution in [0.3, 0.4) is 0 Å². The average Bonchev–Trinajstić information content (AvgIpc) is 3.38. The van der Waals surface area contributed by atoms with Crippen molar-refractivity contribution in [3.8, 4) is 5.69 Å². The van der Waals surface area contributed by atoms with Crippen LogP contribution in [0.25, 0.3) is 16.7 Å². The van der Waals surface area contributed by atoms with Crippen LogP contribution in [0.15, 0.2) is 71.5 Å². The summed E-state index contributed by atoms with van der Waals surface area (Å²) >= 11 is 0. The van der Waals surface area contributed by atoms with Crippen molar-refractivity contribution in [1.29, 1.82) is 0 Å². The van der Waals surface area contributed by atoms with Gasteiger partial charge in [0.25, 0.3) is 11.5 Å². The van der Waals surface area contributed by atoms with E-state index in [1.54, 1.807) is 35.2 Å². The molecule has 36 heavy (non-hydrogen) atoms. The predicted octanol–water partition coefficient (Wildman–Crippen LogP) is 3.07. The van der Waals surface area contributed by atoms with E-state index in [4.69, 9.17) is 0 Å². The second-order valence-electron chi connectivity index (χ2n) is 8.76. The fourth-order valence-electron chi connectivity index (χ4n) is 4.53. The molecule has 9 heteroatoms. The van der Waals surface area contributed by atoms with Gasteiger partial charge in [-0.05, 0) is 55.7 Å². The number of amides is 1. The van der Waals surface area contributed by atoms with E-state index in [0.29, 0.717) is 53.4 Å². The summed E-state index contributed by atoms with van der Waals surface area (Å²) < 4.78 is 1.46. The normalized spacial score (nSPS) is 15.2. The number of carbonyl (C=O) groups is 2. The lowest BCUT2D eigenvalue weighted by Crippen LogP contribution is -2.37. The van der Waals surface area contributed by atoms with E-state index in [1.165, 1.54) is 10.6 Å². The van der Waals surface area contributed by atoms with Gasteiger partial charge in [0.05, 0.1) is 11.4 Å². The van der Waals surface area contributed by atoms with Gasteiger partial charge in [-0.15, -0.1) is 0 Å². The summed E-state index contributed by atoms with van der Waals surface area (Å²) in [4.78, 5) is 48.1. The molecule has 4 aromatic rings. The Morgan fingerprint density at radius 1 is 1.03 bits per heavy atom. The molecule has 1 saturated heterocycles. The van der Waals surface area contributed by atoms with Gasteiger partial charge in [0.2, 0.25) is 5.95 Å². The Balaban J connectivity index is 1.48. The Labute approximate surface area is 207 Å². The molecule has 5 rings (SSSR count). The number of carbonyl (C=O) groups excluding carboxylic acids is 1. The van der Waals surface area contributed by atoms with Crippen molar-refractivity contribution in [3.05, 3.63) is 93.9 Å². The van der Waals surface area contributed by atoms with Gasteiger partial charge >= 0.3 is 5.97 Å². The van der Waals surface area contributed by atoms with E-state index in [-0.39, 0.29) is 11.5 Å². The number of anilines is 1. The van der Waals surface area contributed by atoms with Gasteiger partial charge in [-0.25, -0.2) is 9.78 Å². The molecule has 0 spiro atoms. The first kappa shape index (κ1) is 23.2. The summed E-state index contributed by atoms with van der Waals surface area (Å²) in [6, 6.07) is 18.8. The summed E-state index contributed by atoms with van der Waals surface area (Å²) in [7, 11) is 0. The number of aryl methyl sites for hydroxylation is 1. The highest BCUT2D eigenvalue weighted by Gasteiger charge is 2.32. The van der Waals surface area contributed by atoms with Crippen molar-refractivity contribution in [1.82, 2.24) is 19.9 Å². The maximum atomic E-state index is 12.9. The van der Waals surface area contributed by atoms with Gasteiger partial charge in [-0.1, -0.05) is 30.3 Å². The monoisotopic (exact) mass is 483 g/mol. The molecule has 0 bridgehead atoms. The van der Waals surface area contributed by atoms with E-state index in [9.17, 15) is 19.5 Å². The number of carboxylic acids is 1. The predicted molar refractivity (Wildman–Crippen MR) is 135 cm³/mol. The molecular formula is C27H25N5O4. The van der Waals surface area contributed by atoms with Gasteiger partial charge in [-0.2, -0.15) is 4.98 Å². The molecule has 1 atom stereocenters. The maximum Gasteiger partial charge on any atom is 0.326 e. The molecule has 1 aliphatic rings. The third kappa shape index (κ3) is 4.43. The number of rotatable bonds is 6. The first-order chi connectivity index (χ1) is 17.4. The Morgan fingerprint density at radius 2 is 1.78 bits per heavy atom. The Kier molecular flexibility index (Phi) is 6.20. The highest BCUT2D eigenvalue weighted by molar-refractivity contribution is 5.94. The molecule has 9 nitrogen and oxygen atoms in total. The minimum absolute atomic E-state index is 0.218. The number of hydrogen-bond acceptors (Lipinski definition) is 6. The zero-order valence-corrected chi connectivity index (χ0v) is 19.7. The topological polar surface area (TPSA) is 117 Å². The van der Waals surface area contributed by atoms with Crippen LogP contribution in [-0.4, -0.2) is 44.1 Å². The molecular weight excluding hydrogens is 458 g/mol. The highest BCUT2D eigenvalue weighted by atomic mass is 16.4. The summed E-state index contributed by atoms with van der Waals surface area (Å²) in [6.45, 7) is 2.76. The fraction of sp³-hybridized carbons (Fsp3) is 0.222. The molecule has 182 valence electrons. The number of benzene rings is 2. The van der Waals surface area contributed by atoms with Crippen LogP contribution >= 0.6 is 0 Å². The lowest BCUT2D eigenvalue weighted by Gasteiger charge is -2.22. The van der Waals surface area contributed by atoms with Gasteiger partial charge < -0.3 is 15.3 Å². The summed E-state index contributed by atoms with van der Waals surface area (Å²) in [6.07, 6.45) is 1.25. The standard InChI is InChI=1S/C27H25N5O4/c1-17-21-13-14-23(33)32(24(21)30-27(29-17)31-15-5-8-22(31)26(35)36)20-11-9-19(10-12-20)25(34)28-16-18-6-3-2-4-7-18/h2-4,6-7,9-14,22H,5,8,15-16H2,1H3,(H,28,34)(H,35,36)/t22-/m0/s1. The molecule has 0 aliphatic carbocycles. The molecule has 0 radical (unpaired) electrons. The van der Waals surface area contributed by atoms with Crippen molar-refractivity contribution in [2.75, 3.05) is 11.4 Å². The average molecular weight is 484 g/mol. The second-order valence-corrected chi connectivity index (χ2v) is 8.76. The number of nitrogens with one attached hydrogen (secondary N) is 1. The number of fused-ring (bicyclic) bond motifs is 1. The van der Waals surface area contributed by atoms with Crippen LogP contribution in [0.1, 0.15) is 34.5 Å². The molecule has 1 aliphatic heterocycles. The zero-order chi connectivity index (χ0) is 25.2. The number of aliphatic carboxylic acids is 1. The van der Waals surface area contributed by atoms with Crippen molar-refractivity contribution < 1.29 is 14.7 Å². The maximum absolute atomic E-state index is 12.9. The quantitative estimate of drug-likeness (QED) is 0.433. The van der Waals surface area contributed by atoms with Crippen LogP contribution in [0.5, 0.6) is 0 Å². The third-order valence-corrected chi connectivity index (χ3v) is 6.41. The Morgan fingerprint density at radius 3 is 2.50 bits per heavy atom. The molecule has 2 aromatic heterocycles. The summed E-state index contributed by atoms with van der Waals surface area (Å²) in [5.74, 6) is -0.841. The Hall–Kier alpha value is -4.53. The van der Waals surface area contributed by atoms with Gasteiger partial charge in [0, 0.05) is 30.1 Å². The lowest BCUT2D eigenvalue weighted by atomic mass is 10.1. The number of hydrogen-bond donors (Lipinski definition) is 2. The van der Waals surface area contributed by atoms with Crippen molar-refractivity contribution >= 4 is 28.9 Å². The van der Waals surface area contributed by atoms with E-state index in [1.807, 2.05) is 37.3 Å². The lowest BCUT2D eigenvalue weighted by molar-refractivity contribution is -0.138. The summed E-state index contributed by atoms with van der Waals surface area (Å²) in [5.41, 5.74) is 2.77. The minimum Gasteiger partial charge on any atom is -0.480 e. The third-order valence-electron chi connectivity index (χ3n) is 6.41. The van der Waals surface area contributed by atoms with Crippen molar-refractivity contribution in [3.63, 3.8) is 0 Å². The van der Waals surface area contributed by atoms with E-state index in [0.717, 1.165) is 12.0 Å². The minimum atomic E-state index is -0.916. The SMILES string of the molecule is Cc1nc(N2CCC[C@H]2C(=O)O)nc2c1ccc(=O)n2-c1ccc(C(=O)NCc2ccccc2)cc1. The molecule has 0 unspecified atom stereocenters. The first-order valence-electron chi connectivity index (χ1n) is 11.7. The zero-order valence-electron chi connectivity index (χ0n) is 19.7. The van der Waals surface area contributed by atoms with Gasteiger partial charge in [0.15, 0.2) is 5.65 Å². The summed E-state index contributed by atoms with van der Waals surface area (Å²) in [5, 5.41) is 13.2. The van der Waals surface area contributed by atoms with Gasteiger partial charge in [0.1, 0.15) is 6.04 Å². The number of nitrogens with zero attached hydrogens (tertiary/aromatic N) is 4. The van der Waals surface area contributed by atoms with Crippen molar-refractivity contribution in [2.24, 2.45) is 0 Å². The first-order valence-corrected chi connectivity index (χ1v) is 11.7. The van der Waals surface area contributed by atoms with E-state index in [2.05, 4.69) is 15.3 Å². The van der Waals surface area contributed by atoms with Crippen LogP contribution < -0.4 is 15.8 Å². The second kappa shape index (κ2) is 9.61. The fourth-order valence-corrected chi connectivity index (χ4v) is 4.53. The molecule has 0 saturated carbocycles. The molecule has 2 aromatic carbocycles. The smallest absolute Gasteiger partial charge is 0.326 e. The highest BCUT2D eigenvalue weighted by Crippen LogP contribution is 2.26. The van der Waals surface area contributed by atoms with Crippen LogP contribution in [-0.2, 0) is 11.3 Å². The Bertz CT molecular complexity index is 1500. The van der Waals surface area contributed by atoms with Gasteiger partial charge in [-0.3, -0.25) is 14.2 Å². The largest absolute Gasteiger partial charge is 0.480 e. The number of pyridine rings is 1.